The van der Waals surface area contributed by atoms with Crippen LogP contribution in [0.5, 0.6) is 23.0 Å². The molecule has 0 radical (unpaired) electrons. The number of Topliss-reactive ketones (excluding diaryl/α,β-unsaturated/α-hetero) is 1. The van der Waals surface area contributed by atoms with Crippen LogP contribution >= 0.6 is 0 Å². The van der Waals surface area contributed by atoms with Crippen molar-refractivity contribution in [2.75, 3.05) is 20.5 Å². The van der Waals surface area contributed by atoms with Crippen LogP contribution in [0, 0.1) is 0 Å². The van der Waals surface area contributed by atoms with E-state index in [9.17, 15) is 4.79 Å². The topological polar surface area (TPSA) is 57.9 Å². The maximum Gasteiger partial charge on any atom is 0.231 e. The van der Waals surface area contributed by atoms with E-state index in [1.807, 2.05) is 24.3 Å². The van der Waals surface area contributed by atoms with Gasteiger partial charge in [-0.15, -0.1) is 0 Å². The molecule has 0 spiro atoms. The lowest BCUT2D eigenvalue weighted by Crippen LogP contribution is -3.00. The fourth-order valence-corrected chi connectivity index (χ4v) is 5.39. The van der Waals surface area contributed by atoms with E-state index in [2.05, 4.69) is 35.0 Å². The lowest BCUT2D eigenvalue weighted by molar-refractivity contribution is -0.670. The van der Waals surface area contributed by atoms with Crippen LogP contribution < -0.4 is 40.5 Å². The van der Waals surface area contributed by atoms with Gasteiger partial charge in [0, 0.05) is 22.8 Å². The van der Waals surface area contributed by atoms with Gasteiger partial charge in [0.2, 0.25) is 12.3 Å². The molecule has 0 saturated heterocycles. The molecule has 5 aromatic rings. The van der Waals surface area contributed by atoms with Gasteiger partial charge in [-0.3, -0.25) is 4.79 Å². The van der Waals surface area contributed by atoms with E-state index >= 15 is 0 Å². The molecule has 0 atom stereocenters. The van der Waals surface area contributed by atoms with Crippen LogP contribution in [0.2, 0.25) is 0 Å². The Hall–Kier alpha value is -3.84. The number of hydrogen-bond acceptors (Lipinski definition) is 5. The minimum Gasteiger partial charge on any atom is -1.00 e. The van der Waals surface area contributed by atoms with Crippen LogP contribution in [0.25, 0.3) is 32.4 Å². The molecule has 0 fully saturated rings. The molecule has 4 aromatic carbocycles. The number of ether oxygens (including phenoxy) is 4. The minimum absolute atomic E-state index is 0. The van der Waals surface area contributed by atoms with Crippen LogP contribution in [0.3, 0.4) is 0 Å². The van der Waals surface area contributed by atoms with Crippen molar-refractivity contribution in [3.8, 4) is 23.0 Å². The van der Waals surface area contributed by atoms with Gasteiger partial charge in [-0.05, 0) is 35.9 Å². The summed E-state index contributed by atoms with van der Waals surface area (Å²) in [5, 5.41) is 5.37. The van der Waals surface area contributed by atoms with E-state index in [-0.39, 0.29) is 36.2 Å². The van der Waals surface area contributed by atoms with E-state index < -0.39 is 0 Å². The number of pyridine rings is 1. The van der Waals surface area contributed by atoms with E-state index in [1.165, 1.54) is 16.5 Å². The second-order valence-corrected chi connectivity index (χ2v) is 8.86. The zero-order valence-corrected chi connectivity index (χ0v) is 21.1. The number of carbonyl (C=O) groups excluding carboxylic acids is 1. The van der Waals surface area contributed by atoms with Crippen LogP contribution in [0.1, 0.15) is 15.9 Å². The van der Waals surface area contributed by atoms with Gasteiger partial charge in [0.05, 0.1) is 23.3 Å². The zero-order chi connectivity index (χ0) is 23.5. The molecule has 2 aliphatic heterocycles. The monoisotopic (exact) mass is 543 g/mol. The molecule has 180 valence electrons. The number of aryl methyl sites for hydroxylation is 2. The van der Waals surface area contributed by atoms with Gasteiger partial charge in [0.15, 0.2) is 48.1 Å². The Morgan fingerprint density at radius 3 is 2.61 bits per heavy atom. The largest absolute Gasteiger partial charge is 1.00 e. The summed E-state index contributed by atoms with van der Waals surface area (Å²) in [6.45, 7) is 1.02. The van der Waals surface area contributed by atoms with Crippen molar-refractivity contribution in [3.05, 3.63) is 78.0 Å². The number of methoxy groups -OCH3 is 1. The average molecular weight is 544 g/mol. The fraction of sp³-hybridized carbons (Fsp3) is 0.172. The fourth-order valence-electron chi connectivity index (χ4n) is 5.39. The van der Waals surface area contributed by atoms with Crippen LogP contribution in [0.15, 0.2) is 66.9 Å². The van der Waals surface area contributed by atoms with Gasteiger partial charge < -0.3 is 35.9 Å². The zero-order valence-electron chi connectivity index (χ0n) is 19.5. The molecule has 0 amide bonds. The first-order valence-corrected chi connectivity index (χ1v) is 11.6. The first-order chi connectivity index (χ1) is 17.2. The predicted molar refractivity (Wildman–Crippen MR) is 132 cm³/mol. The average Bonchev–Trinajstić information content (AvgIpc) is 3.38. The summed E-state index contributed by atoms with van der Waals surface area (Å²) in [5.74, 6) is 2.75. The van der Waals surface area contributed by atoms with Gasteiger partial charge >= 0.3 is 0 Å². The van der Waals surface area contributed by atoms with Crippen LogP contribution in [-0.4, -0.2) is 26.3 Å². The van der Waals surface area contributed by atoms with Crippen molar-refractivity contribution in [2.45, 2.75) is 13.0 Å². The summed E-state index contributed by atoms with van der Waals surface area (Å²) >= 11 is 0. The molecule has 7 heteroatoms. The Kier molecular flexibility index (Phi) is 5.45. The second kappa shape index (κ2) is 8.68. The Morgan fingerprint density at radius 1 is 0.972 bits per heavy atom. The summed E-state index contributed by atoms with van der Waals surface area (Å²) in [7, 11) is 1.62. The van der Waals surface area contributed by atoms with Crippen molar-refractivity contribution >= 4 is 38.2 Å². The predicted octanol–water partition coefficient (Wildman–Crippen LogP) is 1.99. The number of aromatic nitrogens is 1. The third-order valence-electron chi connectivity index (χ3n) is 7.00. The lowest BCUT2D eigenvalue weighted by atomic mass is 9.93. The summed E-state index contributed by atoms with van der Waals surface area (Å²) < 4.78 is 25.5. The maximum atomic E-state index is 12.7. The number of benzene rings is 4. The molecule has 6 nitrogen and oxygen atoms in total. The van der Waals surface area contributed by atoms with Gasteiger partial charge in [0.1, 0.15) is 0 Å². The molecular weight excluding hydrogens is 522 g/mol. The Balaban J connectivity index is 0.00000240. The van der Waals surface area contributed by atoms with E-state index in [4.69, 9.17) is 18.9 Å². The number of ketones is 1. The molecule has 0 N–H and O–H groups in total. The molecule has 3 heterocycles. The summed E-state index contributed by atoms with van der Waals surface area (Å²) in [5.41, 5.74) is 3.07. The summed E-state index contributed by atoms with van der Waals surface area (Å²) in [6.07, 6.45) is 3.01. The maximum absolute atomic E-state index is 12.7. The molecular formula is C29H22BrNO5. The van der Waals surface area contributed by atoms with Crippen molar-refractivity contribution in [1.82, 2.24) is 0 Å². The summed E-state index contributed by atoms with van der Waals surface area (Å²) in [4.78, 5) is 12.7. The van der Waals surface area contributed by atoms with Crippen LogP contribution in [0.4, 0.5) is 0 Å². The second-order valence-electron chi connectivity index (χ2n) is 8.86. The minimum atomic E-state index is -0.0776. The highest BCUT2D eigenvalue weighted by molar-refractivity contribution is 6.17. The standard InChI is InChI=1S/C29H22NO5.BrH/c1-32-24-10-9-19-20-7-8-21-26-18(13-25-28(21)35-16-34-25)11-12-30(27(20)26)14-22(19)29(24)33-15-23(31)17-5-3-2-4-6-17;/h2-10,13-14H,11-12,15-16H2,1H3;1H/q+1;/p-1. The molecule has 0 bridgehead atoms. The van der Waals surface area contributed by atoms with Crippen LogP contribution in [-0.2, 0) is 13.0 Å². The smallest absolute Gasteiger partial charge is 0.231 e. The van der Waals surface area contributed by atoms with Crippen molar-refractivity contribution in [1.29, 1.82) is 0 Å². The van der Waals surface area contributed by atoms with Crippen molar-refractivity contribution in [2.24, 2.45) is 0 Å². The third kappa shape index (κ3) is 3.30. The number of halogens is 1. The van der Waals surface area contributed by atoms with Gasteiger partial charge in [-0.2, -0.15) is 4.57 Å². The number of hydrogen-bond donors (Lipinski definition) is 0. The Bertz CT molecular complexity index is 1680. The van der Waals surface area contributed by atoms with Gasteiger partial charge in [-0.25, -0.2) is 0 Å². The van der Waals surface area contributed by atoms with Gasteiger partial charge in [-0.1, -0.05) is 30.3 Å². The number of carbonyl (C=O) groups is 1. The Morgan fingerprint density at radius 2 is 1.78 bits per heavy atom. The molecule has 2 aliphatic rings. The van der Waals surface area contributed by atoms with Gasteiger partial charge in [0.25, 0.3) is 0 Å². The van der Waals surface area contributed by atoms with Crippen molar-refractivity contribution < 1.29 is 45.3 Å². The number of fused-ring (bicyclic) bond motifs is 4. The van der Waals surface area contributed by atoms with E-state index in [0.29, 0.717) is 17.1 Å². The van der Waals surface area contributed by atoms with E-state index in [1.54, 1.807) is 19.2 Å². The highest BCUT2D eigenvalue weighted by atomic mass is 79.9. The molecule has 0 unspecified atom stereocenters. The van der Waals surface area contributed by atoms with Crippen molar-refractivity contribution in [3.63, 3.8) is 0 Å². The first kappa shape index (κ1) is 22.6. The Labute approximate surface area is 217 Å². The van der Waals surface area contributed by atoms with E-state index in [0.717, 1.165) is 46.0 Å². The first-order valence-electron chi connectivity index (χ1n) is 11.6. The molecule has 0 saturated carbocycles. The highest BCUT2D eigenvalue weighted by Crippen LogP contribution is 2.46. The summed E-state index contributed by atoms with van der Waals surface area (Å²) in [6, 6.07) is 19.5. The number of nitrogens with zero attached hydrogens (tertiary/aromatic N) is 1. The molecule has 36 heavy (non-hydrogen) atoms. The quantitative estimate of drug-likeness (QED) is 0.193. The number of rotatable bonds is 5. The normalized spacial score (nSPS) is 13.2. The third-order valence-corrected chi connectivity index (χ3v) is 7.00. The molecule has 1 aromatic heterocycles. The molecule has 0 aliphatic carbocycles. The SMILES string of the molecule is COc1ccc2c(c[n+]3c4c2ccc2c5c(cc(c24)CC3)OCO5)c1OCC(=O)c1ccccc1.[Br-]. The lowest BCUT2D eigenvalue weighted by Gasteiger charge is -2.18. The highest BCUT2D eigenvalue weighted by Gasteiger charge is 2.30. The molecule has 7 rings (SSSR count).